The van der Waals surface area contributed by atoms with Crippen molar-refractivity contribution in [2.75, 3.05) is 12.4 Å². The normalized spacial score (nSPS) is 10.4. The molecule has 0 unspecified atom stereocenters. The van der Waals surface area contributed by atoms with Gasteiger partial charge in [0.25, 0.3) is 0 Å². The molecule has 0 heterocycles. The number of carbonyl (C=O) groups excluding carboxylic acids is 1. The van der Waals surface area contributed by atoms with E-state index in [1.54, 1.807) is 30.3 Å². The van der Waals surface area contributed by atoms with Crippen LogP contribution < -0.4 is 20.1 Å². The van der Waals surface area contributed by atoms with E-state index in [1.165, 1.54) is 13.2 Å². The van der Waals surface area contributed by atoms with Gasteiger partial charge in [-0.2, -0.15) is 8.78 Å². The number of hydrogen-bond acceptors (Lipinski definition) is 3. The van der Waals surface area contributed by atoms with Gasteiger partial charge in [0.1, 0.15) is 11.5 Å². The lowest BCUT2D eigenvalue weighted by molar-refractivity contribution is -0.0504. The third-order valence-corrected chi connectivity index (χ3v) is 3.23. The molecular weight excluding hydrogens is 318 g/mol. The first-order chi connectivity index (χ1) is 11.5. The van der Waals surface area contributed by atoms with Crippen LogP contribution in [0.25, 0.3) is 0 Å². The molecule has 0 bridgehead atoms. The highest BCUT2D eigenvalue weighted by molar-refractivity contribution is 5.91. The van der Waals surface area contributed by atoms with Gasteiger partial charge in [0, 0.05) is 12.1 Å². The zero-order chi connectivity index (χ0) is 17.5. The number of aryl methyl sites for hydroxylation is 1. The molecule has 24 heavy (non-hydrogen) atoms. The Hall–Kier alpha value is -2.83. The topological polar surface area (TPSA) is 59.6 Å². The number of para-hydroxylation sites is 1. The van der Waals surface area contributed by atoms with Crippen molar-refractivity contribution in [3.05, 3.63) is 53.6 Å². The number of halogens is 2. The molecule has 0 aromatic heterocycles. The molecule has 7 heteroatoms. The van der Waals surface area contributed by atoms with E-state index in [4.69, 9.17) is 4.74 Å². The summed E-state index contributed by atoms with van der Waals surface area (Å²) in [7, 11) is 1.51. The number of alkyl halides is 2. The largest absolute Gasteiger partial charge is 0.495 e. The highest BCUT2D eigenvalue weighted by Gasteiger charge is 2.11. The smallest absolute Gasteiger partial charge is 0.387 e. The van der Waals surface area contributed by atoms with Crippen molar-refractivity contribution in [3.63, 3.8) is 0 Å². The molecular formula is C17H18F2N2O3. The molecule has 5 nitrogen and oxygen atoms in total. The average Bonchev–Trinajstić information content (AvgIpc) is 2.54. The Kier molecular flexibility index (Phi) is 5.95. The number of benzene rings is 2. The maximum atomic E-state index is 12.4. The van der Waals surface area contributed by atoms with Gasteiger partial charge < -0.3 is 20.1 Å². The van der Waals surface area contributed by atoms with Crippen molar-refractivity contribution < 1.29 is 23.0 Å². The predicted octanol–water partition coefficient (Wildman–Crippen LogP) is 3.93. The van der Waals surface area contributed by atoms with Crippen LogP contribution in [0.1, 0.15) is 11.1 Å². The molecule has 0 aliphatic carbocycles. The number of hydrogen-bond donors (Lipinski definition) is 2. The maximum absolute atomic E-state index is 12.4. The predicted molar refractivity (Wildman–Crippen MR) is 86.7 cm³/mol. The van der Waals surface area contributed by atoms with Gasteiger partial charge in [-0.1, -0.05) is 24.3 Å². The van der Waals surface area contributed by atoms with E-state index in [9.17, 15) is 13.6 Å². The molecule has 0 fully saturated rings. The second kappa shape index (κ2) is 8.14. The minimum absolute atomic E-state index is 0.0286. The highest BCUT2D eigenvalue weighted by atomic mass is 19.3. The zero-order valence-electron chi connectivity index (χ0n) is 13.3. The molecule has 0 aliphatic heterocycles. The fraction of sp³-hybridized carbons (Fsp3) is 0.235. The van der Waals surface area contributed by atoms with Gasteiger partial charge in [-0.15, -0.1) is 0 Å². The van der Waals surface area contributed by atoms with Crippen molar-refractivity contribution >= 4 is 11.7 Å². The summed E-state index contributed by atoms with van der Waals surface area (Å²) in [5, 5.41) is 5.27. The molecule has 0 saturated carbocycles. The van der Waals surface area contributed by atoms with Gasteiger partial charge >= 0.3 is 12.6 Å². The van der Waals surface area contributed by atoms with E-state index in [0.717, 1.165) is 5.56 Å². The number of amides is 2. The van der Waals surface area contributed by atoms with Crippen LogP contribution in [0.4, 0.5) is 19.3 Å². The van der Waals surface area contributed by atoms with E-state index >= 15 is 0 Å². The Balaban J connectivity index is 2.00. The van der Waals surface area contributed by atoms with Gasteiger partial charge in [0.15, 0.2) is 0 Å². The number of methoxy groups -OCH3 is 1. The van der Waals surface area contributed by atoms with E-state index in [2.05, 4.69) is 15.4 Å². The summed E-state index contributed by atoms with van der Waals surface area (Å²) in [6.45, 7) is -0.986. The maximum Gasteiger partial charge on any atom is 0.387 e. The number of nitrogens with one attached hydrogen (secondary N) is 2. The van der Waals surface area contributed by atoms with Crippen molar-refractivity contribution in [2.45, 2.75) is 20.1 Å². The van der Waals surface area contributed by atoms with Crippen LogP contribution in [-0.2, 0) is 6.54 Å². The molecule has 0 aliphatic rings. The lowest BCUT2D eigenvalue weighted by Crippen LogP contribution is -2.28. The number of anilines is 1. The van der Waals surface area contributed by atoms with Gasteiger partial charge in [-0.25, -0.2) is 4.79 Å². The van der Waals surface area contributed by atoms with Crippen LogP contribution >= 0.6 is 0 Å². The summed E-state index contributed by atoms with van der Waals surface area (Å²) in [4.78, 5) is 12.0. The van der Waals surface area contributed by atoms with Gasteiger partial charge in [-0.05, 0) is 30.7 Å². The number of urea groups is 1. The van der Waals surface area contributed by atoms with Crippen LogP contribution in [0.15, 0.2) is 42.5 Å². The summed E-state index contributed by atoms with van der Waals surface area (Å²) in [5.41, 5.74) is 1.93. The monoisotopic (exact) mass is 336 g/mol. The van der Waals surface area contributed by atoms with Crippen LogP contribution in [0, 0.1) is 6.92 Å². The lowest BCUT2D eigenvalue weighted by atomic mass is 10.2. The molecule has 2 rings (SSSR count). The molecule has 2 aromatic carbocycles. The molecule has 2 aromatic rings. The van der Waals surface area contributed by atoms with E-state index < -0.39 is 12.6 Å². The fourth-order valence-electron chi connectivity index (χ4n) is 2.12. The quantitative estimate of drug-likeness (QED) is 0.840. The van der Waals surface area contributed by atoms with Crippen molar-refractivity contribution in [2.24, 2.45) is 0 Å². The second-order valence-electron chi connectivity index (χ2n) is 5.00. The SMILES string of the molecule is COc1ccc(C)cc1NC(=O)NCc1ccccc1OC(F)F. The Labute approximate surface area is 138 Å². The van der Waals surface area contributed by atoms with Gasteiger partial charge in [0.2, 0.25) is 0 Å². The molecule has 0 radical (unpaired) electrons. The number of carbonyl (C=O) groups is 1. The van der Waals surface area contributed by atoms with Crippen LogP contribution in [0.2, 0.25) is 0 Å². The third kappa shape index (κ3) is 4.84. The van der Waals surface area contributed by atoms with E-state index in [-0.39, 0.29) is 12.3 Å². The second-order valence-corrected chi connectivity index (χ2v) is 5.00. The highest BCUT2D eigenvalue weighted by Crippen LogP contribution is 2.25. The summed E-state index contributed by atoms with van der Waals surface area (Å²) >= 11 is 0. The molecule has 0 saturated heterocycles. The van der Waals surface area contributed by atoms with Crippen LogP contribution in [0.5, 0.6) is 11.5 Å². The Bertz CT molecular complexity index is 708. The Morgan fingerprint density at radius 2 is 1.92 bits per heavy atom. The molecule has 128 valence electrons. The number of ether oxygens (including phenoxy) is 2. The third-order valence-electron chi connectivity index (χ3n) is 3.23. The molecule has 0 atom stereocenters. The number of rotatable bonds is 6. The first-order valence-corrected chi connectivity index (χ1v) is 7.22. The van der Waals surface area contributed by atoms with Crippen molar-refractivity contribution in [3.8, 4) is 11.5 Å². The van der Waals surface area contributed by atoms with E-state index in [0.29, 0.717) is 17.0 Å². The van der Waals surface area contributed by atoms with Gasteiger partial charge in [0.05, 0.1) is 12.8 Å². The minimum atomic E-state index is -2.92. The first kappa shape index (κ1) is 17.5. The van der Waals surface area contributed by atoms with Crippen molar-refractivity contribution in [1.29, 1.82) is 0 Å². The van der Waals surface area contributed by atoms with Gasteiger partial charge in [-0.3, -0.25) is 0 Å². The summed E-state index contributed by atoms with van der Waals surface area (Å²) < 4.78 is 34.3. The summed E-state index contributed by atoms with van der Waals surface area (Å²) in [5.74, 6) is 0.554. The molecule has 2 N–H and O–H groups in total. The van der Waals surface area contributed by atoms with Crippen LogP contribution in [-0.4, -0.2) is 19.8 Å². The Morgan fingerprint density at radius 3 is 2.62 bits per heavy atom. The minimum Gasteiger partial charge on any atom is -0.495 e. The first-order valence-electron chi connectivity index (χ1n) is 7.22. The van der Waals surface area contributed by atoms with E-state index in [1.807, 2.05) is 13.0 Å². The fourth-order valence-corrected chi connectivity index (χ4v) is 2.12. The standard InChI is InChI=1S/C17H18F2N2O3/c1-11-7-8-15(23-2)13(9-11)21-17(22)20-10-12-5-3-4-6-14(12)24-16(18)19/h3-9,16H,10H2,1-2H3,(H2,20,21,22). The summed E-state index contributed by atoms with van der Waals surface area (Å²) in [6, 6.07) is 11.2. The molecule has 2 amide bonds. The summed E-state index contributed by atoms with van der Waals surface area (Å²) in [6.07, 6.45) is 0. The zero-order valence-corrected chi connectivity index (χ0v) is 13.3. The lowest BCUT2D eigenvalue weighted by Gasteiger charge is -2.13. The van der Waals surface area contributed by atoms with Crippen molar-refractivity contribution in [1.82, 2.24) is 5.32 Å². The van der Waals surface area contributed by atoms with Crippen LogP contribution in [0.3, 0.4) is 0 Å². The average molecular weight is 336 g/mol. The Morgan fingerprint density at radius 1 is 1.17 bits per heavy atom. The molecule has 0 spiro atoms.